The summed E-state index contributed by atoms with van der Waals surface area (Å²) in [7, 11) is 1.72. The molecule has 1 saturated heterocycles. The molecule has 1 N–H and O–H groups in total. The summed E-state index contributed by atoms with van der Waals surface area (Å²) in [5.41, 5.74) is 2.47. The molecule has 1 fully saturated rings. The van der Waals surface area contributed by atoms with Gasteiger partial charge >= 0.3 is 0 Å². The molecule has 0 radical (unpaired) electrons. The fraction of sp³-hybridized carbons (Fsp3) is 0.647. The predicted molar refractivity (Wildman–Crippen MR) is 86.0 cm³/mol. The van der Waals surface area contributed by atoms with Crippen LogP contribution in [0.4, 0.5) is 0 Å². The number of rotatable bonds is 7. The number of hydrogen-bond donors (Lipinski definition) is 1. The van der Waals surface area contributed by atoms with Gasteiger partial charge in [0.25, 0.3) is 0 Å². The van der Waals surface area contributed by atoms with E-state index < -0.39 is 0 Å². The number of nitrogens with one attached hydrogen (secondary N) is 1. The van der Waals surface area contributed by atoms with Crippen LogP contribution < -0.4 is 10.1 Å². The zero-order valence-electron chi connectivity index (χ0n) is 13.5. The van der Waals surface area contributed by atoms with Gasteiger partial charge in [-0.15, -0.1) is 0 Å². The SMILES string of the molecule is COc1ccc(C(C)C)cc1COCCN1CCNCC1. The van der Waals surface area contributed by atoms with Crippen LogP contribution in [0.25, 0.3) is 0 Å². The Labute approximate surface area is 128 Å². The molecule has 4 heteroatoms. The number of nitrogens with zero attached hydrogens (tertiary/aromatic N) is 1. The van der Waals surface area contributed by atoms with Crippen LogP contribution in [0, 0.1) is 0 Å². The van der Waals surface area contributed by atoms with Crippen molar-refractivity contribution in [3.05, 3.63) is 29.3 Å². The second-order valence-electron chi connectivity index (χ2n) is 5.87. The van der Waals surface area contributed by atoms with Gasteiger partial charge < -0.3 is 14.8 Å². The highest BCUT2D eigenvalue weighted by Gasteiger charge is 2.10. The molecule has 1 aromatic rings. The van der Waals surface area contributed by atoms with Crippen molar-refractivity contribution in [3.63, 3.8) is 0 Å². The lowest BCUT2D eigenvalue weighted by Gasteiger charge is -2.26. The number of benzene rings is 1. The Balaban J connectivity index is 1.82. The minimum absolute atomic E-state index is 0.524. The van der Waals surface area contributed by atoms with Crippen LogP contribution >= 0.6 is 0 Å². The van der Waals surface area contributed by atoms with Gasteiger partial charge in [-0.2, -0.15) is 0 Å². The van der Waals surface area contributed by atoms with Gasteiger partial charge in [0.2, 0.25) is 0 Å². The van der Waals surface area contributed by atoms with Gasteiger partial charge in [-0.3, -0.25) is 4.90 Å². The average molecular weight is 292 g/mol. The van der Waals surface area contributed by atoms with Crippen molar-refractivity contribution in [3.8, 4) is 5.75 Å². The smallest absolute Gasteiger partial charge is 0.124 e. The maximum Gasteiger partial charge on any atom is 0.124 e. The topological polar surface area (TPSA) is 33.7 Å². The van der Waals surface area contributed by atoms with Gasteiger partial charge in [0.15, 0.2) is 0 Å². The molecule has 118 valence electrons. The summed E-state index contributed by atoms with van der Waals surface area (Å²) in [5.74, 6) is 1.44. The van der Waals surface area contributed by atoms with Gasteiger partial charge in [-0.25, -0.2) is 0 Å². The molecule has 0 aromatic heterocycles. The molecule has 0 aliphatic carbocycles. The third-order valence-electron chi connectivity index (χ3n) is 3.99. The Hall–Kier alpha value is -1.10. The van der Waals surface area contributed by atoms with E-state index in [1.54, 1.807) is 7.11 Å². The third kappa shape index (κ3) is 4.99. The summed E-state index contributed by atoms with van der Waals surface area (Å²) in [6.07, 6.45) is 0. The maximum absolute atomic E-state index is 5.86. The Morgan fingerprint density at radius 2 is 2.00 bits per heavy atom. The Bertz CT molecular complexity index is 429. The maximum atomic E-state index is 5.86. The van der Waals surface area contributed by atoms with Crippen LogP contribution in [0.2, 0.25) is 0 Å². The summed E-state index contributed by atoms with van der Waals surface area (Å²) >= 11 is 0. The van der Waals surface area contributed by atoms with E-state index >= 15 is 0 Å². The van der Waals surface area contributed by atoms with E-state index in [9.17, 15) is 0 Å². The van der Waals surface area contributed by atoms with E-state index in [0.29, 0.717) is 12.5 Å². The van der Waals surface area contributed by atoms with E-state index in [0.717, 1.165) is 50.6 Å². The van der Waals surface area contributed by atoms with Crippen molar-refractivity contribution in [2.24, 2.45) is 0 Å². The number of piperazine rings is 1. The molecule has 0 saturated carbocycles. The first-order chi connectivity index (χ1) is 10.2. The van der Waals surface area contributed by atoms with Crippen molar-refractivity contribution >= 4 is 0 Å². The molecular weight excluding hydrogens is 264 g/mol. The summed E-state index contributed by atoms with van der Waals surface area (Å²) in [6, 6.07) is 6.38. The molecule has 0 unspecified atom stereocenters. The van der Waals surface area contributed by atoms with Crippen molar-refractivity contribution in [1.82, 2.24) is 10.2 Å². The highest BCUT2D eigenvalue weighted by atomic mass is 16.5. The van der Waals surface area contributed by atoms with Crippen molar-refractivity contribution in [1.29, 1.82) is 0 Å². The van der Waals surface area contributed by atoms with E-state index in [1.165, 1.54) is 5.56 Å². The first-order valence-electron chi connectivity index (χ1n) is 7.88. The summed E-state index contributed by atoms with van der Waals surface area (Å²) < 4.78 is 11.3. The van der Waals surface area contributed by atoms with E-state index in [2.05, 4.69) is 36.2 Å². The molecule has 0 atom stereocenters. The van der Waals surface area contributed by atoms with Gasteiger partial charge in [-0.1, -0.05) is 19.9 Å². The molecule has 1 aromatic carbocycles. The highest BCUT2D eigenvalue weighted by Crippen LogP contribution is 2.24. The minimum Gasteiger partial charge on any atom is -0.496 e. The van der Waals surface area contributed by atoms with Crippen molar-refractivity contribution in [2.75, 3.05) is 46.4 Å². The summed E-state index contributed by atoms with van der Waals surface area (Å²) in [5, 5.41) is 3.36. The molecule has 1 aliphatic heterocycles. The normalized spacial score (nSPS) is 16.4. The standard InChI is InChI=1S/C17H28N2O2/c1-14(2)15-4-5-17(20-3)16(12-15)13-21-11-10-19-8-6-18-7-9-19/h4-5,12,14,18H,6-11,13H2,1-3H3. The lowest BCUT2D eigenvalue weighted by atomic mass is 10.0. The van der Waals surface area contributed by atoms with Crippen molar-refractivity contribution < 1.29 is 9.47 Å². The number of methoxy groups -OCH3 is 1. The number of hydrogen-bond acceptors (Lipinski definition) is 4. The van der Waals surface area contributed by atoms with Gasteiger partial charge in [0.05, 0.1) is 20.3 Å². The molecule has 1 heterocycles. The molecular formula is C17H28N2O2. The van der Waals surface area contributed by atoms with Gasteiger partial charge in [0.1, 0.15) is 5.75 Å². The third-order valence-corrected chi connectivity index (χ3v) is 3.99. The van der Waals surface area contributed by atoms with E-state index in [1.807, 2.05) is 6.07 Å². The Morgan fingerprint density at radius 1 is 1.24 bits per heavy atom. The Kier molecular flexibility index (Phi) is 6.49. The summed E-state index contributed by atoms with van der Waals surface area (Å²) in [4.78, 5) is 2.44. The average Bonchev–Trinajstić information content (AvgIpc) is 2.52. The predicted octanol–water partition coefficient (Wildman–Crippen LogP) is 2.24. The minimum atomic E-state index is 0.524. The Morgan fingerprint density at radius 3 is 2.67 bits per heavy atom. The summed E-state index contributed by atoms with van der Waals surface area (Å²) in [6.45, 7) is 11.2. The van der Waals surface area contributed by atoms with Crippen LogP contribution in [-0.4, -0.2) is 51.3 Å². The van der Waals surface area contributed by atoms with Gasteiger partial charge in [-0.05, 0) is 23.6 Å². The van der Waals surface area contributed by atoms with E-state index in [-0.39, 0.29) is 0 Å². The first-order valence-corrected chi connectivity index (χ1v) is 7.88. The van der Waals surface area contributed by atoms with Crippen LogP contribution in [0.5, 0.6) is 5.75 Å². The zero-order valence-corrected chi connectivity index (χ0v) is 13.5. The second kappa shape index (κ2) is 8.37. The van der Waals surface area contributed by atoms with Crippen LogP contribution in [0.15, 0.2) is 18.2 Å². The fourth-order valence-electron chi connectivity index (χ4n) is 2.58. The first kappa shape index (κ1) is 16.3. The molecule has 0 amide bonds. The molecule has 1 aliphatic rings. The lowest BCUT2D eigenvalue weighted by molar-refractivity contribution is 0.0873. The molecule has 0 spiro atoms. The largest absolute Gasteiger partial charge is 0.496 e. The lowest BCUT2D eigenvalue weighted by Crippen LogP contribution is -2.44. The molecule has 0 bridgehead atoms. The second-order valence-corrected chi connectivity index (χ2v) is 5.87. The quantitative estimate of drug-likeness (QED) is 0.782. The van der Waals surface area contributed by atoms with Crippen molar-refractivity contribution in [2.45, 2.75) is 26.4 Å². The highest BCUT2D eigenvalue weighted by molar-refractivity contribution is 5.37. The zero-order chi connectivity index (χ0) is 15.1. The monoisotopic (exact) mass is 292 g/mol. The molecule has 4 nitrogen and oxygen atoms in total. The van der Waals surface area contributed by atoms with E-state index in [4.69, 9.17) is 9.47 Å². The van der Waals surface area contributed by atoms with Crippen LogP contribution in [0.3, 0.4) is 0 Å². The molecule has 21 heavy (non-hydrogen) atoms. The molecule has 2 rings (SSSR count). The fourth-order valence-corrected chi connectivity index (χ4v) is 2.58. The van der Waals surface area contributed by atoms with Gasteiger partial charge in [0, 0.05) is 38.3 Å². The van der Waals surface area contributed by atoms with Crippen LogP contribution in [-0.2, 0) is 11.3 Å². The number of ether oxygens (including phenoxy) is 2. The van der Waals surface area contributed by atoms with Crippen LogP contribution in [0.1, 0.15) is 30.9 Å².